The molecule has 6 heteroatoms. The summed E-state index contributed by atoms with van der Waals surface area (Å²) >= 11 is 0. The minimum absolute atomic E-state index is 0.00800. The average molecular weight is 280 g/mol. The lowest BCUT2D eigenvalue weighted by Crippen LogP contribution is -2.33. The molecule has 1 rings (SSSR count). The standard InChI is InChI=1S/C14H20N2O4/c1-2-3-7-15(8-9-17)11-14(18)12-5-4-6-13(10-12)16(19)20/h4-6,10,17H,2-3,7-9,11H2,1H3. The molecule has 1 aromatic rings. The molecule has 0 radical (unpaired) electrons. The number of hydrogen-bond donors (Lipinski definition) is 1. The number of nitro groups is 1. The fourth-order valence-corrected chi connectivity index (χ4v) is 1.88. The van der Waals surface area contributed by atoms with Gasteiger partial charge in [-0.05, 0) is 13.0 Å². The first-order chi connectivity index (χ1) is 9.58. The van der Waals surface area contributed by atoms with Gasteiger partial charge in [0, 0.05) is 24.2 Å². The smallest absolute Gasteiger partial charge is 0.270 e. The summed E-state index contributed by atoms with van der Waals surface area (Å²) in [5.41, 5.74) is 0.247. The van der Waals surface area contributed by atoms with Crippen molar-refractivity contribution in [2.45, 2.75) is 19.8 Å². The summed E-state index contributed by atoms with van der Waals surface area (Å²) in [6, 6.07) is 5.73. The summed E-state index contributed by atoms with van der Waals surface area (Å²) in [6.07, 6.45) is 1.95. The first-order valence-electron chi connectivity index (χ1n) is 6.69. The molecule has 1 aromatic carbocycles. The van der Waals surface area contributed by atoms with E-state index in [0.29, 0.717) is 12.1 Å². The van der Waals surface area contributed by atoms with E-state index in [1.54, 1.807) is 6.07 Å². The summed E-state index contributed by atoms with van der Waals surface area (Å²) in [6.45, 7) is 3.38. The number of unbranched alkanes of at least 4 members (excludes halogenated alkanes) is 1. The lowest BCUT2D eigenvalue weighted by Gasteiger charge is -2.20. The number of ketones is 1. The number of aliphatic hydroxyl groups excluding tert-OH is 1. The van der Waals surface area contributed by atoms with E-state index in [-0.39, 0.29) is 24.6 Å². The van der Waals surface area contributed by atoms with Crippen molar-refractivity contribution in [2.24, 2.45) is 0 Å². The van der Waals surface area contributed by atoms with Crippen molar-refractivity contribution in [2.75, 3.05) is 26.2 Å². The van der Waals surface area contributed by atoms with E-state index in [1.807, 2.05) is 4.90 Å². The van der Waals surface area contributed by atoms with E-state index >= 15 is 0 Å². The lowest BCUT2D eigenvalue weighted by molar-refractivity contribution is -0.384. The number of Topliss-reactive ketones (excluding diaryl/α,β-unsaturated/α-hetero) is 1. The van der Waals surface area contributed by atoms with Gasteiger partial charge in [-0.3, -0.25) is 19.8 Å². The summed E-state index contributed by atoms with van der Waals surface area (Å²) in [5.74, 6) is -0.168. The van der Waals surface area contributed by atoms with Crippen molar-refractivity contribution < 1.29 is 14.8 Å². The van der Waals surface area contributed by atoms with Gasteiger partial charge in [0.15, 0.2) is 5.78 Å². The van der Waals surface area contributed by atoms with Gasteiger partial charge >= 0.3 is 0 Å². The molecule has 110 valence electrons. The second-order valence-corrected chi connectivity index (χ2v) is 4.58. The molecule has 6 nitrogen and oxygen atoms in total. The number of hydrogen-bond acceptors (Lipinski definition) is 5. The van der Waals surface area contributed by atoms with Crippen molar-refractivity contribution in [3.05, 3.63) is 39.9 Å². The fourth-order valence-electron chi connectivity index (χ4n) is 1.88. The normalized spacial score (nSPS) is 10.8. The molecule has 0 spiro atoms. The Bertz CT molecular complexity index is 462. The third-order valence-electron chi connectivity index (χ3n) is 2.99. The molecular formula is C14H20N2O4. The number of benzene rings is 1. The Labute approximate surface area is 118 Å². The van der Waals surface area contributed by atoms with Crippen LogP contribution in [0.2, 0.25) is 0 Å². The topological polar surface area (TPSA) is 83.7 Å². The summed E-state index contributed by atoms with van der Waals surface area (Å²) in [5, 5.41) is 19.7. The number of nitrogens with zero attached hydrogens (tertiary/aromatic N) is 2. The predicted octanol–water partition coefficient (Wildman–Crippen LogP) is 1.87. The van der Waals surface area contributed by atoms with Gasteiger partial charge in [0.25, 0.3) is 5.69 Å². The van der Waals surface area contributed by atoms with E-state index in [9.17, 15) is 14.9 Å². The van der Waals surface area contributed by atoms with Gasteiger partial charge < -0.3 is 5.11 Å². The Kier molecular flexibility index (Phi) is 6.83. The molecule has 0 aliphatic rings. The summed E-state index contributed by atoms with van der Waals surface area (Å²) in [7, 11) is 0. The van der Waals surface area contributed by atoms with Crippen LogP contribution in [0.5, 0.6) is 0 Å². The van der Waals surface area contributed by atoms with Crippen molar-refractivity contribution in [3.8, 4) is 0 Å². The van der Waals surface area contributed by atoms with E-state index < -0.39 is 4.92 Å². The Morgan fingerprint density at radius 1 is 1.40 bits per heavy atom. The van der Waals surface area contributed by atoms with E-state index in [2.05, 4.69) is 6.92 Å². The van der Waals surface area contributed by atoms with Crippen molar-refractivity contribution in [3.63, 3.8) is 0 Å². The lowest BCUT2D eigenvalue weighted by atomic mass is 10.1. The molecule has 0 heterocycles. The van der Waals surface area contributed by atoms with Crippen molar-refractivity contribution in [1.82, 2.24) is 4.90 Å². The van der Waals surface area contributed by atoms with Gasteiger partial charge in [-0.1, -0.05) is 25.5 Å². The molecule has 0 aliphatic carbocycles. The number of aliphatic hydroxyl groups is 1. The highest BCUT2D eigenvalue weighted by Gasteiger charge is 2.14. The maximum absolute atomic E-state index is 12.1. The third-order valence-corrected chi connectivity index (χ3v) is 2.99. The second-order valence-electron chi connectivity index (χ2n) is 4.58. The van der Waals surface area contributed by atoms with E-state index in [0.717, 1.165) is 19.4 Å². The molecule has 0 aliphatic heterocycles. The maximum atomic E-state index is 12.1. The van der Waals surface area contributed by atoms with Crippen LogP contribution >= 0.6 is 0 Å². The van der Waals surface area contributed by atoms with Gasteiger partial charge in [-0.25, -0.2) is 0 Å². The highest BCUT2D eigenvalue weighted by Crippen LogP contribution is 2.14. The number of rotatable bonds is 9. The Morgan fingerprint density at radius 2 is 2.15 bits per heavy atom. The molecule has 0 amide bonds. The summed E-state index contributed by atoms with van der Waals surface area (Å²) < 4.78 is 0. The highest BCUT2D eigenvalue weighted by atomic mass is 16.6. The van der Waals surface area contributed by atoms with Crippen LogP contribution in [0.3, 0.4) is 0 Å². The minimum atomic E-state index is -0.515. The fraction of sp³-hybridized carbons (Fsp3) is 0.500. The Balaban J connectivity index is 2.72. The quantitative estimate of drug-likeness (QED) is 0.424. The zero-order valence-electron chi connectivity index (χ0n) is 11.6. The van der Waals surface area contributed by atoms with Crippen LogP contribution in [0.4, 0.5) is 5.69 Å². The van der Waals surface area contributed by atoms with Crippen LogP contribution < -0.4 is 0 Å². The predicted molar refractivity (Wildman–Crippen MR) is 75.9 cm³/mol. The van der Waals surface area contributed by atoms with Crippen molar-refractivity contribution >= 4 is 11.5 Å². The Hall–Kier alpha value is -1.79. The third kappa shape index (κ3) is 5.07. The minimum Gasteiger partial charge on any atom is -0.395 e. The van der Waals surface area contributed by atoms with Gasteiger partial charge in [-0.15, -0.1) is 0 Å². The zero-order valence-corrected chi connectivity index (χ0v) is 11.6. The van der Waals surface area contributed by atoms with Crippen LogP contribution in [-0.2, 0) is 0 Å². The molecule has 0 atom stereocenters. The largest absolute Gasteiger partial charge is 0.395 e. The van der Waals surface area contributed by atoms with Crippen LogP contribution in [0.25, 0.3) is 0 Å². The number of carbonyl (C=O) groups is 1. The molecule has 20 heavy (non-hydrogen) atoms. The molecule has 0 fully saturated rings. The molecule has 0 saturated heterocycles. The zero-order chi connectivity index (χ0) is 15.0. The molecule has 0 saturated carbocycles. The van der Waals surface area contributed by atoms with Gasteiger partial charge in [-0.2, -0.15) is 0 Å². The maximum Gasteiger partial charge on any atom is 0.270 e. The van der Waals surface area contributed by atoms with E-state index in [4.69, 9.17) is 5.11 Å². The van der Waals surface area contributed by atoms with Crippen LogP contribution in [0.1, 0.15) is 30.1 Å². The van der Waals surface area contributed by atoms with Gasteiger partial charge in [0.2, 0.25) is 0 Å². The SMILES string of the molecule is CCCCN(CCO)CC(=O)c1cccc([N+](=O)[O-])c1. The first-order valence-corrected chi connectivity index (χ1v) is 6.69. The molecule has 0 aromatic heterocycles. The van der Waals surface area contributed by atoms with E-state index in [1.165, 1.54) is 18.2 Å². The number of nitro benzene ring substituents is 1. The number of carbonyl (C=O) groups excluding carboxylic acids is 1. The molecular weight excluding hydrogens is 260 g/mol. The van der Waals surface area contributed by atoms with Crippen LogP contribution in [0.15, 0.2) is 24.3 Å². The average Bonchev–Trinajstić information content (AvgIpc) is 2.45. The first kappa shape index (κ1) is 16.3. The van der Waals surface area contributed by atoms with Crippen molar-refractivity contribution in [1.29, 1.82) is 0 Å². The second kappa shape index (κ2) is 8.39. The number of non-ortho nitro benzene ring substituents is 1. The van der Waals surface area contributed by atoms with Gasteiger partial charge in [0.1, 0.15) is 0 Å². The Morgan fingerprint density at radius 3 is 2.75 bits per heavy atom. The molecule has 0 bridgehead atoms. The van der Waals surface area contributed by atoms with Crippen LogP contribution in [0, 0.1) is 10.1 Å². The van der Waals surface area contributed by atoms with Gasteiger partial charge in [0.05, 0.1) is 18.1 Å². The molecule has 0 unspecified atom stereocenters. The summed E-state index contributed by atoms with van der Waals surface area (Å²) in [4.78, 5) is 24.2. The van der Waals surface area contributed by atoms with Crippen LogP contribution in [-0.4, -0.2) is 47.0 Å². The highest BCUT2D eigenvalue weighted by molar-refractivity contribution is 5.98. The monoisotopic (exact) mass is 280 g/mol. The molecule has 1 N–H and O–H groups in total.